The maximum Gasteiger partial charge on any atom is 0.0763 e. The van der Waals surface area contributed by atoms with Gasteiger partial charge in [0.1, 0.15) is 0 Å². The van der Waals surface area contributed by atoms with E-state index in [9.17, 15) is 0 Å². The molecule has 1 aromatic carbocycles. The molecule has 1 unspecified atom stereocenters. The first-order chi connectivity index (χ1) is 8.54. The van der Waals surface area contributed by atoms with E-state index < -0.39 is 0 Å². The van der Waals surface area contributed by atoms with Gasteiger partial charge in [-0.05, 0) is 43.3 Å². The van der Waals surface area contributed by atoms with Crippen LogP contribution in [0.5, 0.6) is 0 Å². The zero-order valence-corrected chi connectivity index (χ0v) is 12.0. The summed E-state index contributed by atoms with van der Waals surface area (Å²) in [6.07, 6.45) is 1.85. The van der Waals surface area contributed by atoms with Crippen LogP contribution in [0, 0.1) is 6.92 Å². The molecule has 0 aliphatic heterocycles. The number of hydrogen-bond donors (Lipinski definition) is 1. The van der Waals surface area contributed by atoms with E-state index in [1.165, 1.54) is 0 Å². The minimum Gasteiger partial charge on any atom is -0.308 e. The number of benzene rings is 1. The monoisotopic (exact) mass is 283 g/mol. The van der Waals surface area contributed by atoms with Gasteiger partial charge in [0.15, 0.2) is 0 Å². The van der Waals surface area contributed by atoms with Gasteiger partial charge in [0.05, 0.1) is 17.9 Å². The Morgan fingerprint density at radius 3 is 2.61 bits per heavy atom. The molecule has 1 N–H and O–H groups in total. The Morgan fingerprint density at radius 2 is 2.06 bits per heavy atom. The number of aryl methyl sites for hydroxylation is 2. The first-order valence-electron chi connectivity index (χ1n) is 5.65. The van der Waals surface area contributed by atoms with Crippen molar-refractivity contribution in [1.29, 1.82) is 0 Å². The molecule has 0 amide bonds. The SMILES string of the molecule is CNC(c1cc(Cl)ccc1Cl)c1c(C)cnn1C. The van der Waals surface area contributed by atoms with E-state index in [0.29, 0.717) is 10.0 Å². The highest BCUT2D eigenvalue weighted by Crippen LogP contribution is 2.31. The van der Waals surface area contributed by atoms with Crippen LogP contribution in [0.4, 0.5) is 0 Å². The molecular weight excluding hydrogens is 269 g/mol. The summed E-state index contributed by atoms with van der Waals surface area (Å²) >= 11 is 12.3. The molecular formula is C13H15Cl2N3. The highest BCUT2D eigenvalue weighted by molar-refractivity contribution is 6.33. The fourth-order valence-corrected chi connectivity index (χ4v) is 2.55. The fraction of sp³-hybridized carbons (Fsp3) is 0.308. The molecule has 18 heavy (non-hydrogen) atoms. The van der Waals surface area contributed by atoms with Crippen molar-refractivity contribution in [2.24, 2.45) is 7.05 Å². The van der Waals surface area contributed by atoms with E-state index in [-0.39, 0.29) is 6.04 Å². The van der Waals surface area contributed by atoms with Crippen LogP contribution in [0.1, 0.15) is 22.9 Å². The Bertz CT molecular complexity index is 544. The Morgan fingerprint density at radius 1 is 1.33 bits per heavy atom. The molecule has 0 saturated heterocycles. The normalized spacial score (nSPS) is 12.7. The van der Waals surface area contributed by atoms with Crippen LogP contribution in [-0.2, 0) is 7.05 Å². The number of nitrogens with zero attached hydrogens (tertiary/aromatic N) is 2. The average Bonchev–Trinajstić information content (AvgIpc) is 2.66. The predicted octanol–water partition coefficient (Wildman–Crippen LogP) is 3.34. The minimum absolute atomic E-state index is 0.0244. The van der Waals surface area contributed by atoms with Gasteiger partial charge in [-0.2, -0.15) is 5.10 Å². The molecule has 0 aliphatic carbocycles. The van der Waals surface area contributed by atoms with Crippen molar-refractivity contribution < 1.29 is 0 Å². The topological polar surface area (TPSA) is 29.9 Å². The van der Waals surface area contributed by atoms with Gasteiger partial charge in [0, 0.05) is 17.1 Å². The quantitative estimate of drug-likeness (QED) is 0.936. The van der Waals surface area contributed by atoms with Gasteiger partial charge in [-0.1, -0.05) is 23.2 Å². The predicted molar refractivity (Wildman–Crippen MR) is 75.3 cm³/mol. The van der Waals surface area contributed by atoms with Gasteiger partial charge in [-0.15, -0.1) is 0 Å². The second-order valence-corrected chi connectivity index (χ2v) is 5.07. The summed E-state index contributed by atoms with van der Waals surface area (Å²) in [4.78, 5) is 0. The number of hydrogen-bond acceptors (Lipinski definition) is 2. The molecule has 0 spiro atoms. The van der Waals surface area contributed by atoms with E-state index in [0.717, 1.165) is 16.8 Å². The van der Waals surface area contributed by atoms with E-state index in [1.807, 2.05) is 44.0 Å². The van der Waals surface area contributed by atoms with Crippen LogP contribution in [0.25, 0.3) is 0 Å². The summed E-state index contributed by atoms with van der Waals surface area (Å²) < 4.78 is 1.85. The highest BCUT2D eigenvalue weighted by Gasteiger charge is 2.20. The van der Waals surface area contributed by atoms with Crippen LogP contribution < -0.4 is 5.32 Å². The number of halogens is 2. The number of aromatic nitrogens is 2. The van der Waals surface area contributed by atoms with Gasteiger partial charge in [0.2, 0.25) is 0 Å². The minimum atomic E-state index is -0.0244. The van der Waals surface area contributed by atoms with Crippen molar-refractivity contribution in [3.8, 4) is 0 Å². The van der Waals surface area contributed by atoms with Crippen molar-refractivity contribution in [3.63, 3.8) is 0 Å². The Labute approximate surface area is 117 Å². The second kappa shape index (κ2) is 5.31. The maximum absolute atomic E-state index is 6.26. The molecule has 3 nitrogen and oxygen atoms in total. The Hall–Kier alpha value is -1.03. The van der Waals surface area contributed by atoms with Gasteiger partial charge < -0.3 is 5.32 Å². The molecule has 1 heterocycles. The molecule has 2 aromatic rings. The molecule has 0 saturated carbocycles. The van der Waals surface area contributed by atoms with Crippen LogP contribution in [-0.4, -0.2) is 16.8 Å². The van der Waals surface area contributed by atoms with Crippen molar-refractivity contribution in [1.82, 2.24) is 15.1 Å². The van der Waals surface area contributed by atoms with E-state index >= 15 is 0 Å². The summed E-state index contributed by atoms with van der Waals surface area (Å²) in [6, 6.07) is 5.46. The summed E-state index contributed by atoms with van der Waals surface area (Å²) in [5.74, 6) is 0. The first-order valence-corrected chi connectivity index (χ1v) is 6.41. The van der Waals surface area contributed by atoms with E-state index in [2.05, 4.69) is 10.4 Å². The molecule has 2 rings (SSSR count). The second-order valence-electron chi connectivity index (χ2n) is 4.22. The smallest absolute Gasteiger partial charge is 0.0763 e. The Kier molecular flexibility index (Phi) is 3.95. The van der Waals surface area contributed by atoms with Crippen LogP contribution >= 0.6 is 23.2 Å². The van der Waals surface area contributed by atoms with Crippen molar-refractivity contribution in [3.05, 3.63) is 51.3 Å². The molecule has 0 aliphatic rings. The number of nitrogens with one attached hydrogen (secondary N) is 1. The summed E-state index contributed by atoms with van der Waals surface area (Å²) in [6.45, 7) is 2.03. The lowest BCUT2D eigenvalue weighted by Gasteiger charge is -2.19. The molecule has 0 radical (unpaired) electrons. The number of rotatable bonds is 3. The van der Waals surface area contributed by atoms with Crippen LogP contribution in [0.2, 0.25) is 10.0 Å². The fourth-order valence-electron chi connectivity index (χ4n) is 2.15. The summed E-state index contributed by atoms with van der Waals surface area (Å²) in [7, 11) is 3.82. The zero-order chi connectivity index (χ0) is 13.3. The molecule has 0 fully saturated rings. The largest absolute Gasteiger partial charge is 0.308 e. The van der Waals surface area contributed by atoms with Gasteiger partial charge in [-0.3, -0.25) is 4.68 Å². The third-order valence-electron chi connectivity index (χ3n) is 3.01. The maximum atomic E-state index is 6.26. The standard InChI is InChI=1S/C13H15Cl2N3/c1-8-7-17-18(3)13(8)12(16-2)10-6-9(14)4-5-11(10)15/h4-7,12,16H,1-3H3. The zero-order valence-electron chi connectivity index (χ0n) is 10.5. The summed E-state index contributed by atoms with van der Waals surface area (Å²) in [5, 5.41) is 8.90. The molecule has 96 valence electrons. The first kappa shape index (κ1) is 13.4. The van der Waals surface area contributed by atoms with Crippen LogP contribution in [0.15, 0.2) is 24.4 Å². The third-order valence-corrected chi connectivity index (χ3v) is 3.59. The molecule has 1 atom stereocenters. The summed E-state index contributed by atoms with van der Waals surface area (Å²) in [5.41, 5.74) is 3.16. The highest BCUT2D eigenvalue weighted by atomic mass is 35.5. The van der Waals surface area contributed by atoms with Crippen molar-refractivity contribution >= 4 is 23.2 Å². The van der Waals surface area contributed by atoms with Crippen molar-refractivity contribution in [2.75, 3.05) is 7.05 Å². The van der Waals surface area contributed by atoms with E-state index in [4.69, 9.17) is 23.2 Å². The lowest BCUT2D eigenvalue weighted by molar-refractivity contribution is 0.603. The van der Waals surface area contributed by atoms with Gasteiger partial charge in [0.25, 0.3) is 0 Å². The van der Waals surface area contributed by atoms with Gasteiger partial charge in [-0.25, -0.2) is 0 Å². The third kappa shape index (κ3) is 2.39. The average molecular weight is 284 g/mol. The lowest BCUT2D eigenvalue weighted by Crippen LogP contribution is -2.21. The lowest BCUT2D eigenvalue weighted by atomic mass is 10.0. The molecule has 1 aromatic heterocycles. The molecule has 0 bridgehead atoms. The Balaban J connectivity index is 2.55. The van der Waals surface area contributed by atoms with Gasteiger partial charge >= 0.3 is 0 Å². The van der Waals surface area contributed by atoms with Crippen LogP contribution in [0.3, 0.4) is 0 Å². The molecule has 5 heteroatoms. The van der Waals surface area contributed by atoms with E-state index in [1.54, 1.807) is 6.07 Å². The van der Waals surface area contributed by atoms with Crippen molar-refractivity contribution in [2.45, 2.75) is 13.0 Å².